The summed E-state index contributed by atoms with van der Waals surface area (Å²) in [7, 11) is 1.83. The number of carbonyl (C=O) groups is 1. The molecular formula is C20H23N3O2. The molecule has 0 aliphatic rings. The highest BCUT2D eigenvalue weighted by atomic mass is 16.5. The van der Waals surface area contributed by atoms with Gasteiger partial charge in [-0.05, 0) is 29.5 Å². The van der Waals surface area contributed by atoms with Crippen LogP contribution in [0.15, 0.2) is 36.5 Å². The van der Waals surface area contributed by atoms with E-state index < -0.39 is 0 Å². The van der Waals surface area contributed by atoms with Gasteiger partial charge >= 0.3 is 5.97 Å². The van der Waals surface area contributed by atoms with Crippen LogP contribution in [0.4, 0.5) is 0 Å². The normalized spacial score (nSPS) is 11.7. The van der Waals surface area contributed by atoms with Gasteiger partial charge in [0.2, 0.25) is 0 Å². The van der Waals surface area contributed by atoms with Crippen molar-refractivity contribution in [1.82, 2.24) is 14.8 Å². The number of esters is 1. The van der Waals surface area contributed by atoms with Crippen LogP contribution >= 0.6 is 0 Å². The number of aromatic nitrogens is 3. The molecule has 3 rings (SSSR count). The first-order chi connectivity index (χ1) is 11.8. The third kappa shape index (κ3) is 3.55. The van der Waals surface area contributed by atoms with Gasteiger partial charge in [0, 0.05) is 18.6 Å². The molecule has 0 aliphatic carbocycles. The van der Waals surface area contributed by atoms with E-state index in [4.69, 9.17) is 4.74 Å². The van der Waals surface area contributed by atoms with E-state index in [1.807, 2.05) is 26.1 Å². The maximum absolute atomic E-state index is 12.3. The van der Waals surface area contributed by atoms with Gasteiger partial charge in [-0.1, -0.05) is 45.0 Å². The molecule has 25 heavy (non-hydrogen) atoms. The zero-order chi connectivity index (χ0) is 18.2. The van der Waals surface area contributed by atoms with Gasteiger partial charge in [0.1, 0.15) is 6.61 Å². The quantitative estimate of drug-likeness (QED) is 0.680. The average molecular weight is 337 g/mol. The topological polar surface area (TPSA) is 57.0 Å². The Bertz CT molecular complexity index is 919. The molecule has 5 heteroatoms. The van der Waals surface area contributed by atoms with Gasteiger partial charge in [0.15, 0.2) is 5.65 Å². The summed E-state index contributed by atoms with van der Waals surface area (Å²) in [6, 6.07) is 9.95. The van der Waals surface area contributed by atoms with Crippen LogP contribution in [-0.4, -0.2) is 20.7 Å². The highest BCUT2D eigenvalue weighted by Gasteiger charge is 2.15. The largest absolute Gasteiger partial charge is 0.457 e. The number of hydrogen-bond acceptors (Lipinski definition) is 4. The summed E-state index contributed by atoms with van der Waals surface area (Å²) < 4.78 is 7.13. The number of nitrogens with zero attached hydrogens (tertiary/aromatic N) is 3. The Hall–Kier alpha value is -2.69. The number of rotatable bonds is 3. The molecule has 130 valence electrons. The van der Waals surface area contributed by atoms with Crippen molar-refractivity contribution in [2.45, 2.75) is 39.7 Å². The smallest absolute Gasteiger partial charge is 0.340 e. The fourth-order valence-corrected chi connectivity index (χ4v) is 2.75. The molecule has 0 aliphatic heterocycles. The summed E-state index contributed by atoms with van der Waals surface area (Å²) in [4.78, 5) is 16.6. The standard InChI is InChI=1S/C20H23N3O2/c1-13-17-10-15(11-21-18(17)23(5)22-13)19(24)25-12-14-6-8-16(9-7-14)20(2,3)4/h6-11H,12H2,1-5H3. The molecule has 0 radical (unpaired) electrons. The Balaban J connectivity index is 1.71. The summed E-state index contributed by atoms with van der Waals surface area (Å²) in [5.41, 5.74) is 4.37. The minimum atomic E-state index is -0.377. The van der Waals surface area contributed by atoms with Crippen LogP contribution in [0.3, 0.4) is 0 Å². The van der Waals surface area contributed by atoms with Gasteiger partial charge in [-0.15, -0.1) is 0 Å². The van der Waals surface area contributed by atoms with Crippen LogP contribution in [-0.2, 0) is 23.8 Å². The first-order valence-corrected chi connectivity index (χ1v) is 8.31. The van der Waals surface area contributed by atoms with Crippen molar-refractivity contribution in [2.24, 2.45) is 7.05 Å². The molecule has 0 N–H and O–H groups in total. The molecular weight excluding hydrogens is 314 g/mol. The third-order valence-corrected chi connectivity index (χ3v) is 4.29. The van der Waals surface area contributed by atoms with Crippen molar-refractivity contribution in [1.29, 1.82) is 0 Å². The van der Waals surface area contributed by atoms with Crippen LogP contribution in [0, 0.1) is 6.92 Å². The molecule has 0 atom stereocenters. The van der Waals surface area contributed by atoms with E-state index in [1.54, 1.807) is 10.7 Å². The van der Waals surface area contributed by atoms with Crippen LogP contribution < -0.4 is 0 Å². The lowest BCUT2D eigenvalue weighted by Gasteiger charge is -2.19. The summed E-state index contributed by atoms with van der Waals surface area (Å²) in [5, 5.41) is 5.18. The number of aryl methyl sites for hydroxylation is 2. The van der Waals surface area contributed by atoms with Gasteiger partial charge in [0.25, 0.3) is 0 Å². The Morgan fingerprint density at radius 1 is 1.20 bits per heavy atom. The molecule has 0 fully saturated rings. The maximum atomic E-state index is 12.3. The molecule has 2 heterocycles. The van der Waals surface area contributed by atoms with Crippen LogP contribution in [0.2, 0.25) is 0 Å². The molecule has 0 bridgehead atoms. The Kier molecular flexibility index (Phi) is 4.33. The lowest BCUT2D eigenvalue weighted by Crippen LogP contribution is -2.11. The Morgan fingerprint density at radius 2 is 1.88 bits per heavy atom. The van der Waals surface area contributed by atoms with E-state index in [9.17, 15) is 4.79 Å². The first kappa shape index (κ1) is 17.1. The molecule has 0 saturated heterocycles. The van der Waals surface area contributed by atoms with Gasteiger partial charge in [0.05, 0.1) is 11.3 Å². The lowest BCUT2D eigenvalue weighted by atomic mass is 9.87. The van der Waals surface area contributed by atoms with Gasteiger partial charge in [-0.2, -0.15) is 5.10 Å². The highest BCUT2D eigenvalue weighted by Crippen LogP contribution is 2.22. The molecule has 0 saturated carbocycles. The van der Waals surface area contributed by atoms with E-state index >= 15 is 0 Å². The molecule has 0 amide bonds. The van der Waals surface area contributed by atoms with Gasteiger partial charge < -0.3 is 4.74 Å². The number of ether oxygens (including phenoxy) is 1. The summed E-state index contributed by atoms with van der Waals surface area (Å²) in [6.45, 7) is 8.66. The summed E-state index contributed by atoms with van der Waals surface area (Å²) in [6.07, 6.45) is 1.54. The van der Waals surface area contributed by atoms with Crippen molar-refractivity contribution in [3.05, 3.63) is 58.9 Å². The summed E-state index contributed by atoms with van der Waals surface area (Å²) in [5.74, 6) is -0.377. The highest BCUT2D eigenvalue weighted by molar-refractivity contribution is 5.93. The SMILES string of the molecule is Cc1nn(C)c2ncc(C(=O)OCc3ccc(C(C)(C)C)cc3)cc12. The Labute approximate surface area is 147 Å². The van der Waals surface area contributed by atoms with Crippen molar-refractivity contribution >= 4 is 17.0 Å². The zero-order valence-electron chi connectivity index (χ0n) is 15.3. The second-order valence-corrected chi connectivity index (χ2v) is 7.33. The maximum Gasteiger partial charge on any atom is 0.340 e. The molecule has 5 nitrogen and oxygen atoms in total. The number of pyridine rings is 1. The monoisotopic (exact) mass is 337 g/mol. The molecule has 1 aromatic carbocycles. The van der Waals surface area contributed by atoms with Gasteiger partial charge in [-0.3, -0.25) is 4.68 Å². The summed E-state index contributed by atoms with van der Waals surface area (Å²) >= 11 is 0. The molecule has 2 aromatic heterocycles. The van der Waals surface area contributed by atoms with E-state index in [0.29, 0.717) is 5.56 Å². The number of carbonyl (C=O) groups excluding carboxylic acids is 1. The Morgan fingerprint density at radius 3 is 2.52 bits per heavy atom. The van der Waals surface area contributed by atoms with Crippen LogP contribution in [0.5, 0.6) is 0 Å². The number of fused-ring (bicyclic) bond motifs is 1. The minimum absolute atomic E-state index is 0.109. The fourth-order valence-electron chi connectivity index (χ4n) is 2.75. The van der Waals surface area contributed by atoms with E-state index in [2.05, 4.69) is 43.0 Å². The van der Waals surface area contributed by atoms with E-state index in [-0.39, 0.29) is 18.0 Å². The number of hydrogen-bond donors (Lipinski definition) is 0. The lowest BCUT2D eigenvalue weighted by molar-refractivity contribution is 0.0472. The van der Waals surface area contributed by atoms with Crippen molar-refractivity contribution in [3.8, 4) is 0 Å². The average Bonchev–Trinajstić information content (AvgIpc) is 2.86. The van der Waals surface area contributed by atoms with Crippen molar-refractivity contribution in [3.63, 3.8) is 0 Å². The second kappa shape index (κ2) is 6.31. The minimum Gasteiger partial charge on any atom is -0.457 e. The second-order valence-electron chi connectivity index (χ2n) is 7.33. The zero-order valence-corrected chi connectivity index (χ0v) is 15.3. The van der Waals surface area contributed by atoms with Crippen LogP contribution in [0.25, 0.3) is 11.0 Å². The first-order valence-electron chi connectivity index (χ1n) is 8.31. The number of benzene rings is 1. The van der Waals surface area contributed by atoms with E-state index in [1.165, 1.54) is 11.8 Å². The molecule has 0 unspecified atom stereocenters. The predicted octanol–water partition coefficient (Wildman–Crippen LogP) is 3.93. The van der Waals surface area contributed by atoms with Gasteiger partial charge in [-0.25, -0.2) is 9.78 Å². The fraction of sp³-hybridized carbons (Fsp3) is 0.350. The van der Waals surface area contributed by atoms with Crippen molar-refractivity contribution < 1.29 is 9.53 Å². The third-order valence-electron chi connectivity index (χ3n) is 4.29. The molecule has 0 spiro atoms. The van der Waals surface area contributed by atoms with Crippen molar-refractivity contribution in [2.75, 3.05) is 0 Å². The van der Waals surface area contributed by atoms with E-state index in [0.717, 1.165) is 22.3 Å². The predicted molar refractivity (Wildman–Crippen MR) is 97.5 cm³/mol. The molecule has 3 aromatic rings. The van der Waals surface area contributed by atoms with Crippen LogP contribution in [0.1, 0.15) is 48.0 Å².